The fourth-order valence-electron chi connectivity index (χ4n) is 1.39. The molecule has 0 spiro atoms. The van der Waals surface area contributed by atoms with Crippen molar-refractivity contribution in [3.8, 4) is 0 Å². The van der Waals surface area contributed by atoms with E-state index in [1.54, 1.807) is 17.3 Å². The fraction of sp³-hybridized carbons (Fsp3) is 0.333. The van der Waals surface area contributed by atoms with Gasteiger partial charge in [0.25, 0.3) is 0 Å². The van der Waals surface area contributed by atoms with Crippen LogP contribution in [0, 0.1) is 0 Å². The molecule has 2 N–H and O–H groups in total. The number of nitrogens with zero attached hydrogens (tertiary/aromatic N) is 2. The highest BCUT2D eigenvalue weighted by molar-refractivity contribution is 5.79. The van der Waals surface area contributed by atoms with Crippen LogP contribution in [0.1, 0.15) is 18.5 Å². The van der Waals surface area contributed by atoms with E-state index in [1.165, 1.54) is 0 Å². The second kappa shape index (κ2) is 3.53. The normalized spacial score (nSPS) is 16.0. The van der Waals surface area contributed by atoms with Gasteiger partial charge in [0.15, 0.2) is 0 Å². The first-order valence-electron chi connectivity index (χ1n) is 4.54. The number of anilines is 1. The first-order valence-corrected chi connectivity index (χ1v) is 4.54. The highest BCUT2D eigenvalue weighted by Gasteiger charge is 2.20. The van der Waals surface area contributed by atoms with Gasteiger partial charge in [0, 0.05) is 19.2 Å². The SMILES string of the molecule is C=Cc1c[nH]c(NN2CCCC2=O)n1. The van der Waals surface area contributed by atoms with E-state index >= 15 is 0 Å². The Morgan fingerprint density at radius 1 is 1.71 bits per heavy atom. The molecule has 0 aromatic carbocycles. The van der Waals surface area contributed by atoms with Gasteiger partial charge in [0.2, 0.25) is 11.9 Å². The third kappa shape index (κ3) is 1.61. The van der Waals surface area contributed by atoms with Crippen molar-refractivity contribution in [1.82, 2.24) is 15.0 Å². The largest absolute Gasteiger partial charge is 0.329 e. The van der Waals surface area contributed by atoms with Crippen molar-refractivity contribution in [2.75, 3.05) is 12.0 Å². The molecule has 74 valence electrons. The number of amides is 1. The van der Waals surface area contributed by atoms with Crippen molar-refractivity contribution in [1.29, 1.82) is 0 Å². The molecular formula is C9H12N4O. The van der Waals surface area contributed by atoms with Crippen LogP contribution in [0.4, 0.5) is 5.95 Å². The lowest BCUT2D eigenvalue weighted by Gasteiger charge is -2.15. The van der Waals surface area contributed by atoms with E-state index < -0.39 is 0 Å². The number of H-pyrrole nitrogens is 1. The van der Waals surface area contributed by atoms with Crippen LogP contribution in [0.5, 0.6) is 0 Å². The van der Waals surface area contributed by atoms with Gasteiger partial charge in [-0.2, -0.15) is 0 Å². The molecule has 2 heterocycles. The Bertz CT molecular complexity index is 357. The highest BCUT2D eigenvalue weighted by atomic mass is 16.2. The van der Waals surface area contributed by atoms with Crippen LogP contribution in [0.3, 0.4) is 0 Å². The maximum absolute atomic E-state index is 11.3. The van der Waals surface area contributed by atoms with Crippen LogP contribution in [-0.2, 0) is 4.79 Å². The minimum atomic E-state index is 0.113. The number of hydrazine groups is 1. The van der Waals surface area contributed by atoms with Crippen molar-refractivity contribution in [2.24, 2.45) is 0 Å². The fourth-order valence-corrected chi connectivity index (χ4v) is 1.39. The van der Waals surface area contributed by atoms with E-state index in [4.69, 9.17) is 0 Å². The van der Waals surface area contributed by atoms with Crippen LogP contribution < -0.4 is 5.43 Å². The maximum atomic E-state index is 11.3. The lowest BCUT2D eigenvalue weighted by atomic mass is 10.4. The monoisotopic (exact) mass is 192 g/mol. The van der Waals surface area contributed by atoms with Crippen molar-refractivity contribution in [2.45, 2.75) is 12.8 Å². The Labute approximate surface area is 81.8 Å². The van der Waals surface area contributed by atoms with Crippen molar-refractivity contribution >= 4 is 17.9 Å². The second-order valence-corrected chi connectivity index (χ2v) is 3.14. The van der Waals surface area contributed by atoms with Gasteiger partial charge in [-0.05, 0) is 12.5 Å². The molecule has 1 aromatic rings. The minimum Gasteiger partial charge on any atom is -0.329 e. The molecule has 0 atom stereocenters. The standard InChI is InChI=1S/C9H12N4O/c1-2-7-6-10-9(11-7)12-13-5-3-4-8(13)14/h2,6H,1,3-5H2,(H2,10,11,12). The Hall–Kier alpha value is -1.78. The zero-order valence-corrected chi connectivity index (χ0v) is 7.79. The van der Waals surface area contributed by atoms with Gasteiger partial charge in [0.1, 0.15) is 0 Å². The molecule has 0 saturated carbocycles. The molecule has 1 aliphatic heterocycles. The Morgan fingerprint density at radius 2 is 2.57 bits per heavy atom. The van der Waals surface area contributed by atoms with Gasteiger partial charge >= 0.3 is 0 Å². The van der Waals surface area contributed by atoms with Crippen molar-refractivity contribution in [3.63, 3.8) is 0 Å². The van der Waals surface area contributed by atoms with Gasteiger partial charge in [-0.1, -0.05) is 6.58 Å². The molecule has 2 rings (SSSR count). The number of carbonyl (C=O) groups excluding carboxylic acids is 1. The summed E-state index contributed by atoms with van der Waals surface area (Å²) in [5.41, 5.74) is 3.68. The average Bonchev–Trinajstić information content (AvgIpc) is 2.77. The lowest BCUT2D eigenvalue weighted by Crippen LogP contribution is -2.31. The van der Waals surface area contributed by atoms with E-state index in [1.807, 2.05) is 0 Å². The molecule has 1 saturated heterocycles. The summed E-state index contributed by atoms with van der Waals surface area (Å²) in [6.07, 6.45) is 4.90. The van der Waals surface area contributed by atoms with Crippen LogP contribution in [0.2, 0.25) is 0 Å². The molecule has 5 nitrogen and oxygen atoms in total. The van der Waals surface area contributed by atoms with E-state index in [-0.39, 0.29) is 5.91 Å². The predicted molar refractivity (Wildman–Crippen MR) is 53.2 cm³/mol. The third-order valence-corrected chi connectivity index (χ3v) is 2.12. The van der Waals surface area contributed by atoms with Gasteiger partial charge in [-0.15, -0.1) is 0 Å². The summed E-state index contributed by atoms with van der Waals surface area (Å²) in [6.45, 7) is 4.34. The molecule has 0 radical (unpaired) electrons. The zero-order valence-electron chi connectivity index (χ0n) is 7.79. The first kappa shape index (κ1) is 8.80. The number of hydrogen-bond acceptors (Lipinski definition) is 3. The molecule has 1 fully saturated rings. The number of rotatable bonds is 3. The van der Waals surface area contributed by atoms with Crippen molar-refractivity contribution < 1.29 is 4.79 Å². The Morgan fingerprint density at radius 3 is 3.14 bits per heavy atom. The molecule has 1 aliphatic rings. The summed E-state index contributed by atoms with van der Waals surface area (Å²) in [6, 6.07) is 0. The maximum Gasteiger partial charge on any atom is 0.241 e. The summed E-state index contributed by atoms with van der Waals surface area (Å²) in [5, 5.41) is 1.58. The third-order valence-electron chi connectivity index (χ3n) is 2.12. The van der Waals surface area contributed by atoms with Gasteiger partial charge in [-0.3, -0.25) is 15.2 Å². The Kier molecular flexibility index (Phi) is 2.22. The zero-order chi connectivity index (χ0) is 9.97. The minimum absolute atomic E-state index is 0.113. The van der Waals surface area contributed by atoms with E-state index in [2.05, 4.69) is 22.0 Å². The molecule has 14 heavy (non-hydrogen) atoms. The summed E-state index contributed by atoms with van der Waals surface area (Å²) in [4.78, 5) is 18.3. The summed E-state index contributed by atoms with van der Waals surface area (Å²) in [5.74, 6) is 0.691. The molecule has 0 unspecified atom stereocenters. The number of aromatic amines is 1. The predicted octanol–water partition coefficient (Wildman–Crippen LogP) is 1.00. The molecule has 0 aliphatic carbocycles. The summed E-state index contributed by atoms with van der Waals surface area (Å²) in [7, 11) is 0. The number of imidazole rings is 1. The Balaban J connectivity index is 2.03. The smallest absolute Gasteiger partial charge is 0.241 e. The van der Waals surface area contributed by atoms with Crippen LogP contribution in [0.15, 0.2) is 12.8 Å². The van der Waals surface area contributed by atoms with Crippen LogP contribution in [0.25, 0.3) is 6.08 Å². The van der Waals surface area contributed by atoms with E-state index in [0.29, 0.717) is 12.4 Å². The molecule has 0 bridgehead atoms. The number of carbonyl (C=O) groups is 1. The van der Waals surface area contributed by atoms with Gasteiger partial charge < -0.3 is 4.98 Å². The number of hydrogen-bond donors (Lipinski definition) is 2. The molecule has 1 amide bonds. The molecular weight excluding hydrogens is 180 g/mol. The van der Waals surface area contributed by atoms with Gasteiger partial charge in [0.05, 0.1) is 5.69 Å². The van der Waals surface area contributed by atoms with E-state index in [0.717, 1.165) is 18.7 Å². The molecule has 1 aromatic heterocycles. The number of nitrogens with one attached hydrogen (secondary N) is 2. The summed E-state index contributed by atoms with van der Waals surface area (Å²) >= 11 is 0. The van der Waals surface area contributed by atoms with Crippen molar-refractivity contribution in [3.05, 3.63) is 18.5 Å². The second-order valence-electron chi connectivity index (χ2n) is 3.14. The van der Waals surface area contributed by atoms with E-state index in [9.17, 15) is 4.79 Å². The topological polar surface area (TPSA) is 61.0 Å². The summed E-state index contributed by atoms with van der Waals surface area (Å²) < 4.78 is 0. The quantitative estimate of drug-likeness (QED) is 0.751. The lowest BCUT2D eigenvalue weighted by molar-refractivity contribution is -0.126. The first-order chi connectivity index (χ1) is 6.79. The van der Waals surface area contributed by atoms with Crippen LogP contribution >= 0.6 is 0 Å². The molecule has 5 heteroatoms. The highest BCUT2D eigenvalue weighted by Crippen LogP contribution is 2.11. The average molecular weight is 192 g/mol. The number of aromatic nitrogens is 2. The van der Waals surface area contributed by atoms with Gasteiger partial charge in [-0.25, -0.2) is 4.98 Å². The van der Waals surface area contributed by atoms with Crippen LogP contribution in [-0.4, -0.2) is 27.4 Å².